The number of rotatable bonds is 5. The van der Waals surface area contributed by atoms with Crippen LogP contribution in [0.25, 0.3) is 10.7 Å². The van der Waals surface area contributed by atoms with Crippen molar-refractivity contribution >= 4 is 46.1 Å². The van der Waals surface area contributed by atoms with Crippen LogP contribution >= 0.6 is 11.3 Å². The molecule has 0 fully saturated rings. The highest BCUT2D eigenvalue weighted by Crippen LogP contribution is 2.30. The molecule has 0 aliphatic carbocycles. The summed E-state index contributed by atoms with van der Waals surface area (Å²) in [5, 5.41) is 24.1. The molecule has 0 radical (unpaired) electrons. The van der Waals surface area contributed by atoms with Gasteiger partial charge < -0.3 is 15.7 Å². The summed E-state index contributed by atoms with van der Waals surface area (Å²) in [6.45, 7) is 2.02. The number of carbonyl (C=O) groups excluding carboxylic acids is 1. The van der Waals surface area contributed by atoms with Gasteiger partial charge in [0.05, 0.1) is 12.1 Å². The Morgan fingerprint density at radius 3 is 2.82 bits per heavy atom. The molecule has 3 aromatic rings. The Morgan fingerprint density at radius 1 is 1.18 bits per heavy atom. The number of hydrogen-bond acceptors (Lipinski definition) is 8. The second-order valence-corrected chi connectivity index (χ2v) is 7.01. The minimum Gasteiger partial charge on any atom is -0.478 e. The average Bonchev–Trinajstić information content (AvgIpc) is 3.29. The van der Waals surface area contributed by atoms with Crippen molar-refractivity contribution in [1.29, 1.82) is 0 Å². The average molecular weight is 394 g/mol. The predicted molar refractivity (Wildman–Crippen MR) is 105 cm³/mol. The molecule has 28 heavy (non-hydrogen) atoms. The zero-order valence-electron chi connectivity index (χ0n) is 14.6. The third-order valence-electron chi connectivity index (χ3n) is 3.91. The molecule has 3 heterocycles. The Labute approximate surface area is 163 Å². The Hall–Kier alpha value is -3.66. The molecule has 1 aliphatic heterocycles. The molecule has 0 saturated heterocycles. The molecule has 1 amide bonds. The standard InChI is InChI=1S/C18H14N6O3S/c1-9(25)20-15-6-11(17(26)27)5-14(22-15)16-23-24-18(28-16)21-13-3-2-10-7-19-8-12(10)4-13/h2-6,8H,7H2,1H3,(H,21,24)(H,26,27)(H,20,22,25). The van der Waals surface area contributed by atoms with E-state index in [1.54, 1.807) is 0 Å². The van der Waals surface area contributed by atoms with Gasteiger partial charge in [-0.25, -0.2) is 9.78 Å². The molecule has 0 spiro atoms. The number of aliphatic imine (C=N–C) groups is 1. The van der Waals surface area contributed by atoms with Gasteiger partial charge in [-0.05, 0) is 35.4 Å². The zero-order chi connectivity index (χ0) is 19.7. The maximum atomic E-state index is 11.4. The Bertz CT molecular complexity index is 1120. The van der Waals surface area contributed by atoms with Gasteiger partial charge in [0.1, 0.15) is 11.5 Å². The van der Waals surface area contributed by atoms with E-state index < -0.39 is 5.97 Å². The predicted octanol–water partition coefficient (Wildman–Crippen LogP) is 2.93. The Kier molecular flexibility index (Phi) is 4.53. The van der Waals surface area contributed by atoms with E-state index in [1.807, 2.05) is 24.4 Å². The molecule has 1 aromatic carbocycles. The summed E-state index contributed by atoms with van der Waals surface area (Å²) in [6.07, 6.45) is 1.83. The molecule has 1 aliphatic rings. The fraction of sp³-hybridized carbons (Fsp3) is 0.111. The second kappa shape index (κ2) is 7.16. The summed E-state index contributed by atoms with van der Waals surface area (Å²) in [4.78, 5) is 31.1. The van der Waals surface area contributed by atoms with Crippen LogP contribution in [-0.4, -0.2) is 38.4 Å². The van der Waals surface area contributed by atoms with Crippen molar-refractivity contribution in [3.63, 3.8) is 0 Å². The lowest BCUT2D eigenvalue weighted by atomic mass is 10.1. The van der Waals surface area contributed by atoms with E-state index in [9.17, 15) is 14.7 Å². The van der Waals surface area contributed by atoms with Crippen LogP contribution in [-0.2, 0) is 11.3 Å². The molecule has 3 N–H and O–H groups in total. The second-order valence-electron chi connectivity index (χ2n) is 6.03. The number of nitrogens with zero attached hydrogens (tertiary/aromatic N) is 4. The molecule has 2 aromatic heterocycles. The van der Waals surface area contributed by atoms with Gasteiger partial charge in [0.15, 0.2) is 5.01 Å². The van der Waals surface area contributed by atoms with Crippen molar-refractivity contribution in [3.8, 4) is 10.7 Å². The van der Waals surface area contributed by atoms with Crippen molar-refractivity contribution in [2.45, 2.75) is 13.5 Å². The fourth-order valence-corrected chi connectivity index (χ4v) is 3.41. The molecular formula is C18H14N6O3S. The van der Waals surface area contributed by atoms with Crippen LogP contribution in [0.5, 0.6) is 0 Å². The van der Waals surface area contributed by atoms with E-state index in [0.717, 1.165) is 11.3 Å². The van der Waals surface area contributed by atoms with Gasteiger partial charge in [-0.1, -0.05) is 17.4 Å². The first-order chi connectivity index (χ1) is 13.5. The van der Waals surface area contributed by atoms with Crippen molar-refractivity contribution in [3.05, 3.63) is 47.0 Å². The zero-order valence-corrected chi connectivity index (χ0v) is 15.4. The van der Waals surface area contributed by atoms with Gasteiger partial charge >= 0.3 is 5.97 Å². The largest absolute Gasteiger partial charge is 0.478 e. The maximum Gasteiger partial charge on any atom is 0.335 e. The van der Waals surface area contributed by atoms with Crippen molar-refractivity contribution in [2.24, 2.45) is 4.99 Å². The minimum atomic E-state index is -1.13. The number of pyridine rings is 1. The first-order valence-corrected chi connectivity index (χ1v) is 9.06. The number of fused-ring (bicyclic) bond motifs is 1. The Balaban J connectivity index is 1.61. The van der Waals surface area contributed by atoms with E-state index in [2.05, 4.69) is 30.8 Å². The number of anilines is 3. The summed E-state index contributed by atoms with van der Waals surface area (Å²) in [5.74, 6) is -1.33. The van der Waals surface area contributed by atoms with E-state index in [0.29, 0.717) is 22.4 Å². The van der Waals surface area contributed by atoms with Crippen molar-refractivity contribution in [1.82, 2.24) is 15.2 Å². The number of aromatic nitrogens is 3. The lowest BCUT2D eigenvalue weighted by Gasteiger charge is -2.05. The van der Waals surface area contributed by atoms with Crippen LogP contribution < -0.4 is 10.6 Å². The van der Waals surface area contributed by atoms with Crippen LogP contribution in [0.2, 0.25) is 0 Å². The lowest BCUT2D eigenvalue weighted by Crippen LogP contribution is -2.09. The Morgan fingerprint density at radius 2 is 2.04 bits per heavy atom. The van der Waals surface area contributed by atoms with Crippen molar-refractivity contribution in [2.75, 3.05) is 10.6 Å². The van der Waals surface area contributed by atoms with Crippen LogP contribution in [0, 0.1) is 0 Å². The quantitative estimate of drug-likeness (QED) is 0.606. The highest BCUT2D eigenvalue weighted by Gasteiger charge is 2.15. The molecule has 10 heteroatoms. The number of hydrogen-bond donors (Lipinski definition) is 3. The normalized spacial score (nSPS) is 11.9. The summed E-state index contributed by atoms with van der Waals surface area (Å²) in [7, 11) is 0. The smallest absolute Gasteiger partial charge is 0.335 e. The van der Waals surface area contributed by atoms with E-state index in [1.165, 1.54) is 36.0 Å². The minimum absolute atomic E-state index is 0.00336. The summed E-state index contributed by atoms with van der Waals surface area (Å²) in [6, 6.07) is 8.60. The molecule has 0 saturated carbocycles. The molecular weight excluding hydrogens is 380 g/mol. The first-order valence-electron chi connectivity index (χ1n) is 8.24. The highest BCUT2D eigenvalue weighted by molar-refractivity contribution is 7.18. The summed E-state index contributed by atoms with van der Waals surface area (Å²) >= 11 is 1.23. The number of aromatic carboxylic acids is 1. The molecule has 0 atom stereocenters. The molecule has 140 valence electrons. The van der Waals surface area contributed by atoms with Crippen LogP contribution in [0.1, 0.15) is 28.4 Å². The van der Waals surface area contributed by atoms with E-state index in [4.69, 9.17) is 0 Å². The molecule has 9 nitrogen and oxygen atoms in total. The van der Waals surface area contributed by atoms with Gasteiger partial charge in [-0.2, -0.15) is 0 Å². The van der Waals surface area contributed by atoms with E-state index >= 15 is 0 Å². The highest BCUT2D eigenvalue weighted by atomic mass is 32.1. The third kappa shape index (κ3) is 3.71. The molecule has 4 rings (SSSR count). The van der Waals surface area contributed by atoms with E-state index in [-0.39, 0.29) is 17.3 Å². The lowest BCUT2D eigenvalue weighted by molar-refractivity contribution is -0.114. The number of carbonyl (C=O) groups is 2. The van der Waals surface area contributed by atoms with Gasteiger partial charge in [-0.15, -0.1) is 10.2 Å². The number of nitrogens with one attached hydrogen (secondary N) is 2. The molecule has 0 unspecified atom stereocenters. The number of carboxylic acids is 1. The fourth-order valence-electron chi connectivity index (χ4n) is 2.69. The van der Waals surface area contributed by atoms with Gasteiger partial charge in [0.25, 0.3) is 0 Å². The van der Waals surface area contributed by atoms with Gasteiger partial charge in [0.2, 0.25) is 11.0 Å². The molecule has 0 bridgehead atoms. The van der Waals surface area contributed by atoms with Crippen LogP contribution in [0.3, 0.4) is 0 Å². The summed E-state index contributed by atoms with van der Waals surface area (Å²) < 4.78 is 0. The monoisotopic (exact) mass is 394 g/mol. The number of carboxylic acid groups (broad SMARTS) is 1. The van der Waals surface area contributed by atoms with Crippen LogP contribution in [0.4, 0.5) is 16.6 Å². The third-order valence-corrected chi connectivity index (χ3v) is 4.77. The first kappa shape index (κ1) is 17.7. The maximum absolute atomic E-state index is 11.4. The van der Waals surface area contributed by atoms with Crippen molar-refractivity contribution < 1.29 is 14.7 Å². The number of amides is 1. The SMILES string of the molecule is CC(=O)Nc1cc(C(=O)O)cc(-c2nnc(Nc3ccc4c(c3)C=NC4)s2)n1. The van der Waals surface area contributed by atoms with Gasteiger partial charge in [0, 0.05) is 18.8 Å². The van der Waals surface area contributed by atoms with Crippen LogP contribution in [0.15, 0.2) is 35.3 Å². The van der Waals surface area contributed by atoms with Gasteiger partial charge in [-0.3, -0.25) is 9.79 Å². The summed E-state index contributed by atoms with van der Waals surface area (Å²) in [5.41, 5.74) is 3.39. The number of benzene rings is 1. The topological polar surface area (TPSA) is 129 Å².